The minimum atomic E-state index is -1.25. The second kappa shape index (κ2) is 6.97. The summed E-state index contributed by atoms with van der Waals surface area (Å²) in [5.41, 5.74) is -0.437. The molecule has 0 radical (unpaired) electrons. The van der Waals surface area contributed by atoms with Crippen molar-refractivity contribution in [2.24, 2.45) is 0 Å². The zero-order valence-electron chi connectivity index (χ0n) is 12.0. The zero-order chi connectivity index (χ0) is 15.5. The van der Waals surface area contributed by atoms with Gasteiger partial charge in [-0.3, -0.25) is 4.79 Å². The van der Waals surface area contributed by atoms with Gasteiger partial charge < -0.3 is 15.3 Å². The van der Waals surface area contributed by atoms with Gasteiger partial charge in [0.15, 0.2) is 0 Å². The summed E-state index contributed by atoms with van der Waals surface area (Å²) in [4.78, 5) is 14.2. The maximum Gasteiger partial charge on any atom is 0.252 e. The van der Waals surface area contributed by atoms with Gasteiger partial charge in [-0.25, -0.2) is 0 Å². The highest BCUT2D eigenvalue weighted by Gasteiger charge is 2.38. The number of benzene rings is 1. The first-order valence-electron chi connectivity index (χ1n) is 7.04. The molecule has 1 amide bonds. The summed E-state index contributed by atoms with van der Waals surface area (Å²) in [6.07, 6.45) is 1.46. The Morgan fingerprint density at radius 1 is 1.33 bits per heavy atom. The van der Waals surface area contributed by atoms with Gasteiger partial charge in [0.1, 0.15) is 5.60 Å². The number of carbonyl (C=O) groups is 1. The smallest absolute Gasteiger partial charge is 0.252 e. The summed E-state index contributed by atoms with van der Waals surface area (Å²) in [6, 6.07) is 5.33. The van der Waals surface area contributed by atoms with Gasteiger partial charge in [-0.1, -0.05) is 29.3 Å². The fraction of sp³-hybridized carbons (Fsp3) is 0.533. The van der Waals surface area contributed by atoms with Crippen molar-refractivity contribution < 1.29 is 9.90 Å². The molecule has 1 saturated heterocycles. The molecule has 0 bridgehead atoms. The monoisotopic (exact) mass is 330 g/mol. The van der Waals surface area contributed by atoms with Gasteiger partial charge in [-0.15, -0.1) is 0 Å². The first kappa shape index (κ1) is 16.6. The maximum absolute atomic E-state index is 12.1. The third kappa shape index (κ3) is 4.10. The lowest BCUT2D eigenvalue weighted by Crippen LogP contribution is -2.53. The Kier molecular flexibility index (Phi) is 5.49. The van der Waals surface area contributed by atoms with Crippen LogP contribution in [0.4, 0.5) is 0 Å². The van der Waals surface area contributed by atoms with Crippen LogP contribution in [0.25, 0.3) is 0 Å². The predicted octanol–water partition coefficient (Wildman–Crippen LogP) is 2.11. The van der Waals surface area contributed by atoms with E-state index in [-0.39, 0.29) is 5.91 Å². The predicted molar refractivity (Wildman–Crippen MR) is 84.9 cm³/mol. The Balaban J connectivity index is 1.87. The van der Waals surface area contributed by atoms with Crippen molar-refractivity contribution in [2.75, 3.05) is 26.7 Å². The largest absolute Gasteiger partial charge is 0.380 e. The molecule has 1 aromatic carbocycles. The molecular weight excluding hydrogens is 311 g/mol. The molecule has 2 N–H and O–H groups in total. The molecule has 0 spiro atoms. The number of carbonyl (C=O) groups excluding carboxylic acids is 1. The number of piperidine rings is 1. The minimum absolute atomic E-state index is 0.307. The fourth-order valence-corrected chi connectivity index (χ4v) is 3.04. The third-order valence-electron chi connectivity index (χ3n) is 3.96. The average Bonchev–Trinajstić information content (AvgIpc) is 2.45. The molecule has 4 nitrogen and oxygen atoms in total. The highest BCUT2D eigenvalue weighted by molar-refractivity contribution is 6.35. The first-order valence-corrected chi connectivity index (χ1v) is 7.80. The number of likely N-dealkylation sites (tertiary alicyclic amines) is 1. The molecule has 1 aliphatic heterocycles. The molecule has 2 rings (SSSR count). The van der Waals surface area contributed by atoms with Crippen molar-refractivity contribution in [1.82, 2.24) is 10.2 Å². The van der Waals surface area contributed by atoms with E-state index in [9.17, 15) is 9.90 Å². The molecule has 0 saturated carbocycles. The Hall–Kier alpha value is -0.810. The van der Waals surface area contributed by atoms with Crippen molar-refractivity contribution >= 4 is 29.1 Å². The number of rotatable bonds is 4. The second-order valence-electron chi connectivity index (χ2n) is 5.54. The molecule has 0 aliphatic carbocycles. The van der Waals surface area contributed by atoms with Crippen molar-refractivity contribution in [3.8, 4) is 0 Å². The number of nitrogens with one attached hydrogen (secondary N) is 1. The first-order chi connectivity index (χ1) is 9.92. The van der Waals surface area contributed by atoms with E-state index >= 15 is 0 Å². The number of halogens is 2. The summed E-state index contributed by atoms with van der Waals surface area (Å²) in [5, 5.41) is 14.3. The normalized spacial score (nSPS) is 18.5. The van der Waals surface area contributed by atoms with Crippen LogP contribution in [-0.2, 0) is 11.2 Å². The quantitative estimate of drug-likeness (QED) is 0.889. The van der Waals surface area contributed by atoms with E-state index in [2.05, 4.69) is 10.2 Å². The number of nitrogens with zero attached hydrogens (tertiary/aromatic N) is 1. The number of aliphatic hydroxyl groups is 1. The standard InChI is InChI=1S/C15H20Cl2N2O2/c1-19-9-6-15(21,7-10-19)14(20)18-8-5-11-12(16)3-2-4-13(11)17/h2-4,21H,5-10H2,1H3,(H,18,20). The van der Waals surface area contributed by atoms with E-state index in [1.54, 1.807) is 18.2 Å². The Bertz CT molecular complexity index is 494. The molecule has 0 unspecified atom stereocenters. The molecule has 0 aromatic heterocycles. The van der Waals surface area contributed by atoms with Gasteiger partial charge >= 0.3 is 0 Å². The molecule has 116 valence electrons. The van der Waals surface area contributed by atoms with Crippen LogP contribution in [0, 0.1) is 0 Å². The van der Waals surface area contributed by atoms with Crippen molar-refractivity contribution in [3.63, 3.8) is 0 Å². The van der Waals surface area contributed by atoms with E-state index in [0.29, 0.717) is 35.9 Å². The van der Waals surface area contributed by atoms with Gasteiger partial charge in [-0.2, -0.15) is 0 Å². The Morgan fingerprint density at radius 3 is 2.48 bits per heavy atom. The van der Waals surface area contributed by atoms with Gasteiger partial charge in [-0.05, 0) is 44.0 Å². The number of hydrogen-bond acceptors (Lipinski definition) is 3. The van der Waals surface area contributed by atoms with Crippen LogP contribution in [0.15, 0.2) is 18.2 Å². The van der Waals surface area contributed by atoms with E-state index in [0.717, 1.165) is 18.7 Å². The molecule has 6 heteroatoms. The van der Waals surface area contributed by atoms with E-state index in [4.69, 9.17) is 23.2 Å². The lowest BCUT2D eigenvalue weighted by Gasteiger charge is -2.35. The van der Waals surface area contributed by atoms with Crippen LogP contribution in [0.5, 0.6) is 0 Å². The van der Waals surface area contributed by atoms with E-state index in [1.165, 1.54) is 0 Å². The van der Waals surface area contributed by atoms with Crippen LogP contribution in [0.2, 0.25) is 10.0 Å². The molecule has 1 heterocycles. The summed E-state index contributed by atoms with van der Waals surface area (Å²) in [5.74, 6) is -0.307. The second-order valence-corrected chi connectivity index (χ2v) is 6.36. The molecular formula is C15H20Cl2N2O2. The SMILES string of the molecule is CN1CCC(O)(C(=O)NCCc2c(Cl)cccc2Cl)CC1. The average molecular weight is 331 g/mol. The number of hydrogen-bond donors (Lipinski definition) is 2. The van der Waals surface area contributed by atoms with Crippen LogP contribution in [0.1, 0.15) is 18.4 Å². The van der Waals surface area contributed by atoms with E-state index in [1.807, 2.05) is 7.05 Å². The van der Waals surface area contributed by atoms with Gasteiger partial charge in [0.05, 0.1) is 0 Å². The van der Waals surface area contributed by atoms with E-state index < -0.39 is 5.60 Å². The molecule has 1 fully saturated rings. The lowest BCUT2D eigenvalue weighted by molar-refractivity contribution is -0.144. The zero-order valence-corrected chi connectivity index (χ0v) is 13.5. The number of amides is 1. The topological polar surface area (TPSA) is 52.6 Å². The minimum Gasteiger partial charge on any atom is -0.380 e. The lowest BCUT2D eigenvalue weighted by atomic mass is 9.90. The van der Waals surface area contributed by atoms with Crippen molar-refractivity contribution in [3.05, 3.63) is 33.8 Å². The molecule has 1 aliphatic rings. The van der Waals surface area contributed by atoms with Crippen LogP contribution in [-0.4, -0.2) is 48.2 Å². The van der Waals surface area contributed by atoms with Crippen molar-refractivity contribution in [1.29, 1.82) is 0 Å². The summed E-state index contributed by atoms with van der Waals surface area (Å²) in [7, 11) is 1.98. The summed E-state index contributed by atoms with van der Waals surface area (Å²) in [6.45, 7) is 1.85. The fourth-order valence-electron chi connectivity index (χ4n) is 2.45. The van der Waals surface area contributed by atoms with Gasteiger partial charge in [0.2, 0.25) is 0 Å². The molecule has 21 heavy (non-hydrogen) atoms. The maximum atomic E-state index is 12.1. The van der Waals surface area contributed by atoms with Gasteiger partial charge in [0.25, 0.3) is 5.91 Å². The highest BCUT2D eigenvalue weighted by atomic mass is 35.5. The Labute approximate surface area is 135 Å². The van der Waals surface area contributed by atoms with Crippen molar-refractivity contribution in [2.45, 2.75) is 24.9 Å². The van der Waals surface area contributed by atoms with Gasteiger partial charge in [0, 0.05) is 29.7 Å². The third-order valence-corrected chi connectivity index (χ3v) is 4.67. The highest BCUT2D eigenvalue weighted by Crippen LogP contribution is 2.25. The van der Waals surface area contributed by atoms with Crippen LogP contribution in [0.3, 0.4) is 0 Å². The Morgan fingerprint density at radius 2 is 1.90 bits per heavy atom. The summed E-state index contributed by atoms with van der Waals surface area (Å²) >= 11 is 12.2. The van der Waals surface area contributed by atoms with Crippen LogP contribution < -0.4 is 5.32 Å². The van der Waals surface area contributed by atoms with Crippen LogP contribution >= 0.6 is 23.2 Å². The molecule has 0 atom stereocenters. The molecule has 1 aromatic rings. The summed E-state index contributed by atoms with van der Waals surface area (Å²) < 4.78 is 0.